The lowest BCUT2D eigenvalue weighted by Crippen LogP contribution is -2.70. The van der Waals surface area contributed by atoms with E-state index in [1.165, 1.54) is 30.3 Å². The number of aliphatic hydroxyl groups is 2. The lowest BCUT2D eigenvalue weighted by atomic mass is 9.55. The molecule has 61 heavy (non-hydrogen) atoms. The first-order chi connectivity index (χ1) is 29.5. The van der Waals surface area contributed by atoms with Gasteiger partial charge in [-0.3, -0.25) is 25.0 Å². The molecule has 15 heteroatoms. The van der Waals surface area contributed by atoms with Crippen molar-refractivity contribution in [3.8, 4) is 11.5 Å². The molecule has 6 rings (SSSR count). The van der Waals surface area contributed by atoms with E-state index in [2.05, 4.69) is 12.7 Å². The molecule has 15 nitrogen and oxygen atoms in total. The van der Waals surface area contributed by atoms with Gasteiger partial charge in [-0.15, -0.1) is 6.58 Å². The lowest BCUT2D eigenvalue weighted by Gasteiger charge is -2.60. The highest BCUT2D eigenvalue weighted by molar-refractivity contribution is 6.03. The Morgan fingerprint density at radius 3 is 2.30 bits per heavy atom. The van der Waals surface area contributed by atoms with E-state index in [-0.39, 0.29) is 73.6 Å². The molecule has 2 aliphatic carbocycles. The number of unbranched alkanes of at least 4 members (excludes halogenated alkanes) is 2. The SMILES string of the molecule is C=CCO[C@@]12Oc3ccc(O)cc3[C@H]3[C@H](CCCCO)[C@@H](CCCCO)C=C(C(=NOCc4ccc([N+](=O)[O-])cc4)C[C@@H]1N(CCC)C(=O)C=Cc1ccc([N+](=O)[O-])cc1)[C@H]32. The number of nitro groups is 2. The Kier molecular flexibility index (Phi) is 15.1. The van der Waals surface area contributed by atoms with E-state index in [1.807, 2.05) is 6.92 Å². The highest BCUT2D eigenvalue weighted by atomic mass is 16.7. The third-order valence-electron chi connectivity index (χ3n) is 11.9. The highest BCUT2D eigenvalue weighted by Crippen LogP contribution is 2.62. The molecule has 0 spiro atoms. The molecular formula is C46H54N4O11. The summed E-state index contributed by atoms with van der Waals surface area (Å²) in [6.07, 6.45) is 11.8. The Hall–Kier alpha value is -5.90. The predicted molar refractivity (Wildman–Crippen MR) is 229 cm³/mol. The number of hydrogen-bond acceptors (Lipinski definition) is 12. The van der Waals surface area contributed by atoms with Gasteiger partial charge in [-0.05, 0) is 109 Å². The number of oxime groups is 1. The van der Waals surface area contributed by atoms with Crippen LogP contribution in [0.4, 0.5) is 11.4 Å². The van der Waals surface area contributed by atoms with Crippen molar-refractivity contribution in [2.75, 3.05) is 26.4 Å². The number of hydrogen-bond donors (Lipinski definition) is 3. The van der Waals surface area contributed by atoms with Crippen LogP contribution in [0.1, 0.15) is 80.9 Å². The fraction of sp³-hybridized carbons (Fsp3) is 0.435. The Balaban J connectivity index is 1.52. The summed E-state index contributed by atoms with van der Waals surface area (Å²) in [5, 5.41) is 58.0. The number of benzene rings is 3. The molecule has 0 unspecified atom stereocenters. The number of ether oxygens (including phenoxy) is 2. The molecule has 3 aliphatic rings. The number of carbonyl (C=O) groups excluding carboxylic acids is 1. The van der Waals surface area contributed by atoms with Gasteiger partial charge in [-0.1, -0.05) is 37.1 Å². The van der Waals surface area contributed by atoms with Gasteiger partial charge in [0.25, 0.3) is 11.4 Å². The molecule has 324 valence electrons. The number of nitro benzene ring substituents is 2. The molecule has 1 saturated carbocycles. The number of nitrogens with zero attached hydrogens (tertiary/aromatic N) is 4. The van der Waals surface area contributed by atoms with E-state index in [9.17, 15) is 40.3 Å². The van der Waals surface area contributed by atoms with Gasteiger partial charge in [0.15, 0.2) is 0 Å². The molecule has 6 atom stereocenters. The van der Waals surface area contributed by atoms with Crippen LogP contribution in [0.15, 0.2) is 102 Å². The van der Waals surface area contributed by atoms with E-state index in [4.69, 9.17) is 19.5 Å². The van der Waals surface area contributed by atoms with Crippen LogP contribution in [-0.4, -0.2) is 79.9 Å². The average Bonchev–Trinajstić information content (AvgIpc) is 3.26. The predicted octanol–water partition coefficient (Wildman–Crippen LogP) is 7.99. The van der Waals surface area contributed by atoms with Crippen molar-refractivity contribution in [2.24, 2.45) is 22.9 Å². The maximum atomic E-state index is 14.6. The van der Waals surface area contributed by atoms with Gasteiger partial charge in [0, 0.05) is 68.0 Å². The van der Waals surface area contributed by atoms with Gasteiger partial charge >= 0.3 is 0 Å². The van der Waals surface area contributed by atoms with Crippen LogP contribution in [0.3, 0.4) is 0 Å². The van der Waals surface area contributed by atoms with E-state index in [0.29, 0.717) is 48.4 Å². The molecule has 0 saturated heterocycles. The first-order valence-electron chi connectivity index (χ1n) is 20.9. The number of carbonyl (C=O) groups is 1. The summed E-state index contributed by atoms with van der Waals surface area (Å²) in [4.78, 5) is 44.0. The molecular weight excluding hydrogens is 785 g/mol. The highest BCUT2D eigenvalue weighted by Gasteiger charge is 2.65. The van der Waals surface area contributed by atoms with Gasteiger partial charge in [-0.2, -0.15) is 0 Å². The van der Waals surface area contributed by atoms with Crippen LogP contribution in [-0.2, 0) is 21.0 Å². The van der Waals surface area contributed by atoms with Crippen molar-refractivity contribution in [2.45, 2.75) is 82.6 Å². The number of rotatable bonds is 21. The van der Waals surface area contributed by atoms with Crippen molar-refractivity contribution >= 4 is 29.1 Å². The Bertz CT molecular complexity index is 2120. The monoisotopic (exact) mass is 838 g/mol. The molecule has 1 aliphatic heterocycles. The topological polar surface area (TPSA) is 207 Å². The molecule has 1 heterocycles. The molecule has 0 bridgehead atoms. The molecule has 3 aromatic rings. The van der Waals surface area contributed by atoms with Crippen LogP contribution in [0.2, 0.25) is 0 Å². The summed E-state index contributed by atoms with van der Waals surface area (Å²) in [5.74, 6) is -2.22. The summed E-state index contributed by atoms with van der Waals surface area (Å²) in [6, 6.07) is 16.2. The van der Waals surface area contributed by atoms with Crippen LogP contribution < -0.4 is 4.74 Å². The number of aromatic hydroxyl groups is 1. The average molecular weight is 839 g/mol. The third-order valence-corrected chi connectivity index (χ3v) is 11.9. The van der Waals surface area contributed by atoms with Gasteiger partial charge in [-0.25, -0.2) is 0 Å². The van der Waals surface area contributed by atoms with Crippen LogP contribution in [0.5, 0.6) is 11.5 Å². The summed E-state index contributed by atoms with van der Waals surface area (Å²) in [5.41, 5.74) is 3.32. The van der Waals surface area contributed by atoms with Crippen molar-refractivity contribution in [1.82, 2.24) is 4.90 Å². The first kappa shape index (κ1) is 44.6. The van der Waals surface area contributed by atoms with Crippen molar-refractivity contribution in [3.05, 3.63) is 134 Å². The summed E-state index contributed by atoms with van der Waals surface area (Å²) in [6.45, 7) is 6.40. The normalized spacial score (nSPS) is 23.4. The zero-order valence-electron chi connectivity index (χ0n) is 34.3. The molecule has 3 aromatic carbocycles. The third kappa shape index (κ3) is 10.0. The Morgan fingerprint density at radius 1 is 0.984 bits per heavy atom. The molecule has 3 N–H and O–H groups in total. The van der Waals surface area contributed by atoms with E-state index in [1.54, 1.807) is 59.5 Å². The fourth-order valence-electron chi connectivity index (χ4n) is 9.19. The van der Waals surface area contributed by atoms with Gasteiger partial charge in [0.1, 0.15) is 24.1 Å². The van der Waals surface area contributed by atoms with Crippen molar-refractivity contribution < 1.29 is 44.3 Å². The van der Waals surface area contributed by atoms with Gasteiger partial charge in [0.2, 0.25) is 11.7 Å². The zero-order chi connectivity index (χ0) is 43.5. The number of aliphatic hydroxyl groups excluding tert-OH is 2. The minimum atomic E-state index is -1.50. The number of phenols is 1. The maximum Gasteiger partial charge on any atom is 0.269 e. The first-order valence-corrected chi connectivity index (χ1v) is 20.9. The minimum absolute atomic E-state index is 0.0120. The van der Waals surface area contributed by atoms with E-state index in [0.717, 1.165) is 36.8 Å². The largest absolute Gasteiger partial charge is 0.508 e. The van der Waals surface area contributed by atoms with Crippen LogP contribution >= 0.6 is 0 Å². The van der Waals surface area contributed by atoms with E-state index < -0.39 is 27.6 Å². The second-order valence-electron chi connectivity index (χ2n) is 15.7. The number of allylic oxidation sites excluding steroid dienone is 1. The Labute approximate surface area is 354 Å². The molecule has 1 fully saturated rings. The smallest absolute Gasteiger partial charge is 0.269 e. The maximum absolute atomic E-state index is 14.6. The summed E-state index contributed by atoms with van der Waals surface area (Å²) < 4.78 is 14.1. The molecule has 0 radical (unpaired) electrons. The number of phenolic OH excluding ortho intramolecular Hbond substituents is 1. The summed E-state index contributed by atoms with van der Waals surface area (Å²) in [7, 11) is 0. The number of non-ortho nitro benzene ring substituents is 2. The molecule has 0 aromatic heterocycles. The fourth-order valence-corrected chi connectivity index (χ4v) is 9.19. The van der Waals surface area contributed by atoms with Crippen molar-refractivity contribution in [1.29, 1.82) is 0 Å². The lowest BCUT2D eigenvalue weighted by molar-refractivity contribution is -0.385. The molecule has 1 amide bonds. The van der Waals surface area contributed by atoms with Crippen LogP contribution in [0.25, 0.3) is 6.08 Å². The summed E-state index contributed by atoms with van der Waals surface area (Å²) >= 11 is 0. The van der Waals surface area contributed by atoms with E-state index >= 15 is 0 Å². The zero-order valence-corrected chi connectivity index (χ0v) is 34.3. The standard InChI is InChI=1S/C46H54N4O11/c1-3-23-48(43(54)22-15-31-11-16-34(17-12-31)49(55)56)42-29-40(47-60-30-32-13-18-35(19-14-32)50(57)58)38-27-33(9-5-7-24-51)37(10-6-8-25-52)44-39-28-36(53)20-21-41(39)61-46(42,45(38)44)59-26-4-2/h4,11-22,27-28,33,37,42,44-45,51-53H,2-3,5-10,23-26,29-30H2,1H3/t33-,37+,42-,44+,45+,46+/m0/s1. The Morgan fingerprint density at radius 2 is 1.66 bits per heavy atom. The number of fused-ring (bicyclic) bond motifs is 2. The second kappa shape index (κ2) is 20.6. The van der Waals surface area contributed by atoms with Crippen LogP contribution in [0, 0.1) is 38.0 Å². The number of amides is 1. The van der Waals surface area contributed by atoms with Crippen molar-refractivity contribution in [3.63, 3.8) is 0 Å². The quantitative estimate of drug-likeness (QED) is 0.0308. The minimum Gasteiger partial charge on any atom is -0.508 e. The van der Waals surface area contributed by atoms with Gasteiger partial charge < -0.3 is 34.5 Å². The second-order valence-corrected chi connectivity index (χ2v) is 15.7. The van der Waals surface area contributed by atoms with Gasteiger partial charge in [0.05, 0.1) is 28.1 Å².